The minimum absolute atomic E-state index is 0.240. The molecule has 0 N–H and O–H groups in total. The number of halogens is 1. The Morgan fingerprint density at radius 3 is 2.94 bits per heavy atom. The van der Waals surface area contributed by atoms with Crippen molar-refractivity contribution in [3.05, 3.63) is 34.3 Å². The number of Topliss-reactive ketones (excluding diaryl/α,β-unsaturated/α-hetero) is 1. The lowest BCUT2D eigenvalue weighted by atomic mass is 10.1. The number of carbonyl (C=O) groups is 1. The van der Waals surface area contributed by atoms with Gasteiger partial charge in [0.25, 0.3) is 0 Å². The third kappa shape index (κ3) is 3.21. The first kappa shape index (κ1) is 13.8. The number of rotatable bonds is 5. The summed E-state index contributed by atoms with van der Waals surface area (Å²) in [4.78, 5) is 14.6. The maximum Gasteiger partial charge on any atom is 0.165 e. The first-order valence-corrected chi connectivity index (χ1v) is 7.53. The molecule has 0 radical (unpaired) electrons. The molecule has 2 nitrogen and oxygen atoms in total. The molecule has 0 spiro atoms. The number of ketones is 1. The molecular formula is C15H20BrNO. The summed E-state index contributed by atoms with van der Waals surface area (Å²) in [6.45, 7) is 4.29. The summed E-state index contributed by atoms with van der Waals surface area (Å²) in [7, 11) is 0. The van der Waals surface area contributed by atoms with Gasteiger partial charge in [-0.3, -0.25) is 9.69 Å². The van der Waals surface area contributed by atoms with E-state index in [2.05, 4.69) is 27.8 Å². The van der Waals surface area contributed by atoms with Crippen LogP contribution in [-0.4, -0.2) is 29.8 Å². The highest BCUT2D eigenvalue weighted by Crippen LogP contribution is 2.21. The molecule has 0 aromatic heterocycles. The van der Waals surface area contributed by atoms with Crippen LogP contribution in [0.2, 0.25) is 0 Å². The van der Waals surface area contributed by atoms with Crippen LogP contribution in [0.5, 0.6) is 0 Å². The fraction of sp³-hybridized carbons (Fsp3) is 0.533. The van der Waals surface area contributed by atoms with Gasteiger partial charge < -0.3 is 0 Å². The lowest BCUT2D eigenvalue weighted by Gasteiger charge is -2.22. The molecule has 1 aliphatic heterocycles. The fourth-order valence-electron chi connectivity index (χ4n) is 2.72. The van der Waals surface area contributed by atoms with Crippen LogP contribution in [0.1, 0.15) is 43.0 Å². The van der Waals surface area contributed by atoms with Gasteiger partial charge in [0.05, 0.1) is 0 Å². The third-order valence-electron chi connectivity index (χ3n) is 3.77. The van der Waals surface area contributed by atoms with Gasteiger partial charge in [0.1, 0.15) is 0 Å². The lowest BCUT2D eigenvalue weighted by molar-refractivity contribution is 0.0960. The van der Waals surface area contributed by atoms with Gasteiger partial charge in [-0.25, -0.2) is 0 Å². The molecule has 2 rings (SSSR count). The van der Waals surface area contributed by atoms with Crippen LogP contribution in [0.4, 0.5) is 0 Å². The predicted octanol–water partition coefficient (Wildman–Crippen LogP) is 3.90. The molecule has 3 heteroatoms. The maximum atomic E-state index is 12.2. The molecule has 0 saturated carbocycles. The molecular weight excluding hydrogens is 290 g/mol. The van der Waals surface area contributed by atoms with Crippen molar-refractivity contribution in [2.24, 2.45) is 0 Å². The van der Waals surface area contributed by atoms with Crippen molar-refractivity contribution in [2.45, 2.75) is 38.6 Å². The maximum absolute atomic E-state index is 12.2. The van der Waals surface area contributed by atoms with Crippen molar-refractivity contribution in [3.8, 4) is 0 Å². The Hall–Kier alpha value is -0.670. The lowest BCUT2D eigenvalue weighted by Crippen LogP contribution is -2.30. The number of benzene rings is 1. The minimum atomic E-state index is 0.240. The summed E-state index contributed by atoms with van der Waals surface area (Å²) in [6, 6.07) is 8.37. The van der Waals surface area contributed by atoms with E-state index in [1.165, 1.54) is 19.3 Å². The van der Waals surface area contributed by atoms with E-state index in [1.54, 1.807) is 0 Å². The van der Waals surface area contributed by atoms with E-state index >= 15 is 0 Å². The Kier molecular flexibility index (Phi) is 4.95. The molecule has 1 aromatic rings. The zero-order valence-corrected chi connectivity index (χ0v) is 12.4. The van der Waals surface area contributed by atoms with E-state index in [4.69, 9.17) is 0 Å². The zero-order valence-electron chi connectivity index (χ0n) is 10.9. The SMILES string of the molecule is CCC1CCCN1CCC(=O)c1ccccc1Br. The fourth-order valence-corrected chi connectivity index (χ4v) is 3.22. The van der Waals surface area contributed by atoms with Crippen molar-refractivity contribution < 1.29 is 4.79 Å². The Morgan fingerprint density at radius 1 is 1.44 bits per heavy atom. The van der Waals surface area contributed by atoms with Crippen molar-refractivity contribution in [2.75, 3.05) is 13.1 Å². The predicted molar refractivity (Wildman–Crippen MR) is 78.0 cm³/mol. The second-order valence-electron chi connectivity index (χ2n) is 4.89. The van der Waals surface area contributed by atoms with E-state index in [9.17, 15) is 4.79 Å². The second kappa shape index (κ2) is 6.48. The topological polar surface area (TPSA) is 20.3 Å². The van der Waals surface area contributed by atoms with Gasteiger partial charge in [0, 0.05) is 29.0 Å². The summed E-state index contributed by atoms with van der Waals surface area (Å²) in [5, 5.41) is 0. The van der Waals surface area contributed by atoms with Gasteiger partial charge in [0.2, 0.25) is 0 Å². The molecule has 1 atom stereocenters. The number of likely N-dealkylation sites (tertiary alicyclic amines) is 1. The van der Waals surface area contributed by atoms with Crippen molar-refractivity contribution in [1.82, 2.24) is 4.90 Å². The number of nitrogens with zero attached hydrogens (tertiary/aromatic N) is 1. The van der Waals surface area contributed by atoms with Crippen LogP contribution in [0.3, 0.4) is 0 Å². The van der Waals surface area contributed by atoms with Crippen molar-refractivity contribution >= 4 is 21.7 Å². The van der Waals surface area contributed by atoms with Crippen LogP contribution in [0.15, 0.2) is 28.7 Å². The quantitative estimate of drug-likeness (QED) is 0.769. The smallest absolute Gasteiger partial charge is 0.165 e. The molecule has 1 unspecified atom stereocenters. The van der Waals surface area contributed by atoms with Gasteiger partial charge in [-0.1, -0.05) is 41.1 Å². The Balaban J connectivity index is 1.91. The highest BCUT2D eigenvalue weighted by atomic mass is 79.9. The standard InChI is InChI=1S/C15H20BrNO/c1-2-12-6-5-10-17(12)11-9-15(18)13-7-3-4-8-14(13)16/h3-4,7-8,12H,2,5-6,9-11H2,1H3. The van der Waals surface area contributed by atoms with Gasteiger partial charge in [0.15, 0.2) is 5.78 Å². The highest BCUT2D eigenvalue weighted by molar-refractivity contribution is 9.10. The van der Waals surface area contributed by atoms with Gasteiger partial charge >= 0.3 is 0 Å². The van der Waals surface area contributed by atoms with Crippen molar-refractivity contribution in [3.63, 3.8) is 0 Å². The zero-order chi connectivity index (χ0) is 13.0. The van der Waals surface area contributed by atoms with Crippen LogP contribution < -0.4 is 0 Å². The van der Waals surface area contributed by atoms with E-state index < -0.39 is 0 Å². The van der Waals surface area contributed by atoms with Crippen LogP contribution in [-0.2, 0) is 0 Å². The van der Waals surface area contributed by atoms with E-state index in [-0.39, 0.29) is 5.78 Å². The summed E-state index contributed by atoms with van der Waals surface area (Å²) in [5.74, 6) is 0.240. The molecule has 1 aliphatic rings. The summed E-state index contributed by atoms with van der Waals surface area (Å²) in [6.07, 6.45) is 4.39. The van der Waals surface area contributed by atoms with E-state index in [0.717, 1.165) is 23.1 Å². The van der Waals surface area contributed by atoms with Crippen LogP contribution in [0.25, 0.3) is 0 Å². The Morgan fingerprint density at radius 2 is 2.22 bits per heavy atom. The largest absolute Gasteiger partial charge is 0.300 e. The average molecular weight is 310 g/mol. The highest BCUT2D eigenvalue weighted by Gasteiger charge is 2.23. The van der Waals surface area contributed by atoms with Gasteiger partial charge in [-0.15, -0.1) is 0 Å². The summed E-state index contributed by atoms with van der Waals surface area (Å²) >= 11 is 3.44. The van der Waals surface area contributed by atoms with E-state index in [1.807, 2.05) is 24.3 Å². The molecule has 1 aromatic carbocycles. The summed E-state index contributed by atoms with van der Waals surface area (Å²) in [5.41, 5.74) is 0.810. The molecule has 0 amide bonds. The molecule has 18 heavy (non-hydrogen) atoms. The van der Waals surface area contributed by atoms with Crippen molar-refractivity contribution in [1.29, 1.82) is 0 Å². The first-order chi connectivity index (χ1) is 8.72. The number of hydrogen-bond donors (Lipinski definition) is 0. The first-order valence-electron chi connectivity index (χ1n) is 6.74. The summed E-state index contributed by atoms with van der Waals surface area (Å²) < 4.78 is 0.906. The number of hydrogen-bond acceptors (Lipinski definition) is 2. The minimum Gasteiger partial charge on any atom is -0.300 e. The molecule has 1 fully saturated rings. The monoisotopic (exact) mass is 309 g/mol. The molecule has 1 heterocycles. The second-order valence-corrected chi connectivity index (χ2v) is 5.75. The normalized spacial score (nSPS) is 20.2. The van der Waals surface area contributed by atoms with E-state index in [0.29, 0.717) is 12.5 Å². The average Bonchev–Trinajstić information content (AvgIpc) is 2.84. The molecule has 0 bridgehead atoms. The van der Waals surface area contributed by atoms with Gasteiger partial charge in [-0.2, -0.15) is 0 Å². The molecule has 98 valence electrons. The van der Waals surface area contributed by atoms with Crippen LogP contribution >= 0.6 is 15.9 Å². The Labute approximate surface area is 117 Å². The number of carbonyl (C=O) groups excluding carboxylic acids is 1. The van der Waals surface area contributed by atoms with Crippen LogP contribution in [0, 0.1) is 0 Å². The molecule has 1 saturated heterocycles. The Bertz CT molecular complexity index is 419. The molecule has 0 aliphatic carbocycles. The third-order valence-corrected chi connectivity index (χ3v) is 4.46. The van der Waals surface area contributed by atoms with Gasteiger partial charge in [-0.05, 0) is 31.9 Å².